The van der Waals surface area contributed by atoms with Gasteiger partial charge in [0.2, 0.25) is 15.9 Å². The third-order valence-corrected chi connectivity index (χ3v) is 6.28. The second kappa shape index (κ2) is 6.65. The minimum absolute atomic E-state index is 0.0416. The number of aryl methyl sites for hydroxylation is 2. The lowest BCUT2D eigenvalue weighted by atomic mass is 10.0. The molecule has 7 heteroatoms. The number of nitrogens with zero attached hydrogens (tertiary/aromatic N) is 1. The first-order valence-electron chi connectivity index (χ1n) is 8.27. The largest absolute Gasteiger partial charge is 0.465 e. The maximum Gasteiger partial charge on any atom is 0.243 e. The van der Waals surface area contributed by atoms with Gasteiger partial charge in [-0.1, -0.05) is 0 Å². The maximum atomic E-state index is 13.1. The Bertz CT molecular complexity index is 900. The van der Waals surface area contributed by atoms with Crippen LogP contribution in [0.4, 0.5) is 5.69 Å². The van der Waals surface area contributed by atoms with E-state index in [1.54, 1.807) is 24.3 Å². The van der Waals surface area contributed by atoms with Gasteiger partial charge in [-0.15, -0.1) is 0 Å². The summed E-state index contributed by atoms with van der Waals surface area (Å²) in [5.74, 6) is 1.32. The van der Waals surface area contributed by atoms with E-state index < -0.39 is 10.0 Å². The van der Waals surface area contributed by atoms with Crippen LogP contribution in [0.5, 0.6) is 0 Å². The number of sulfonamides is 1. The SMILES string of the molecule is Cc1ccc(CN(C(C)C)S(=O)(=O)c2ccc3c(c2)CCC(=O)N3)o1. The number of rotatable bonds is 5. The molecule has 0 aliphatic carbocycles. The van der Waals surface area contributed by atoms with E-state index in [-0.39, 0.29) is 23.4 Å². The Morgan fingerprint density at radius 3 is 2.60 bits per heavy atom. The minimum Gasteiger partial charge on any atom is -0.465 e. The standard InChI is InChI=1S/C18H22N2O4S/c1-12(2)20(11-15-6-4-13(3)24-15)25(22,23)16-7-8-17-14(10-16)5-9-18(21)19-17/h4,6-8,10,12H,5,9,11H2,1-3H3,(H,19,21). The molecule has 25 heavy (non-hydrogen) atoms. The third-order valence-electron chi connectivity index (χ3n) is 4.26. The molecule has 0 fully saturated rings. The van der Waals surface area contributed by atoms with Gasteiger partial charge in [-0.05, 0) is 63.1 Å². The van der Waals surface area contributed by atoms with Crippen LogP contribution >= 0.6 is 0 Å². The van der Waals surface area contributed by atoms with Crippen molar-refractivity contribution in [2.24, 2.45) is 0 Å². The predicted octanol–water partition coefficient (Wildman–Crippen LogP) is 3.07. The summed E-state index contributed by atoms with van der Waals surface area (Å²) in [5.41, 5.74) is 1.53. The number of hydrogen-bond acceptors (Lipinski definition) is 4. The van der Waals surface area contributed by atoms with Crippen LogP contribution in [0.2, 0.25) is 0 Å². The van der Waals surface area contributed by atoms with Gasteiger partial charge in [0.15, 0.2) is 0 Å². The second-order valence-corrected chi connectivity index (χ2v) is 8.41. The average Bonchev–Trinajstić information content (AvgIpc) is 2.96. The van der Waals surface area contributed by atoms with Crippen molar-refractivity contribution in [2.75, 3.05) is 5.32 Å². The van der Waals surface area contributed by atoms with E-state index >= 15 is 0 Å². The molecule has 0 atom stereocenters. The Hall–Kier alpha value is -2.12. The highest BCUT2D eigenvalue weighted by atomic mass is 32.2. The van der Waals surface area contributed by atoms with Gasteiger partial charge in [-0.25, -0.2) is 8.42 Å². The summed E-state index contributed by atoms with van der Waals surface area (Å²) < 4.78 is 33.2. The molecule has 2 aromatic rings. The predicted molar refractivity (Wildman–Crippen MR) is 94.7 cm³/mol. The summed E-state index contributed by atoms with van der Waals surface area (Å²) in [6.45, 7) is 5.69. The van der Waals surface area contributed by atoms with Gasteiger partial charge in [0.25, 0.3) is 0 Å². The van der Waals surface area contributed by atoms with Gasteiger partial charge in [-0.2, -0.15) is 4.31 Å². The number of furan rings is 1. The van der Waals surface area contributed by atoms with E-state index in [1.807, 2.05) is 26.8 Å². The summed E-state index contributed by atoms with van der Waals surface area (Å²) in [4.78, 5) is 11.7. The lowest BCUT2D eigenvalue weighted by Crippen LogP contribution is -2.36. The maximum absolute atomic E-state index is 13.1. The molecule has 1 N–H and O–H groups in total. The molecule has 0 unspecified atom stereocenters. The molecule has 1 amide bonds. The third kappa shape index (κ3) is 3.62. The first-order chi connectivity index (χ1) is 11.8. The van der Waals surface area contributed by atoms with Crippen molar-refractivity contribution in [3.05, 3.63) is 47.4 Å². The van der Waals surface area contributed by atoms with Gasteiger partial charge in [0.1, 0.15) is 11.5 Å². The fourth-order valence-electron chi connectivity index (χ4n) is 2.92. The summed E-state index contributed by atoms with van der Waals surface area (Å²) >= 11 is 0. The van der Waals surface area contributed by atoms with Crippen LogP contribution in [0, 0.1) is 6.92 Å². The highest BCUT2D eigenvalue weighted by Crippen LogP contribution is 2.28. The molecular weight excluding hydrogens is 340 g/mol. The first kappa shape index (κ1) is 17.7. The highest BCUT2D eigenvalue weighted by Gasteiger charge is 2.29. The van der Waals surface area contributed by atoms with Crippen molar-refractivity contribution in [2.45, 2.75) is 51.1 Å². The summed E-state index contributed by atoms with van der Waals surface area (Å²) in [7, 11) is -3.68. The number of hydrogen-bond donors (Lipinski definition) is 1. The van der Waals surface area contributed by atoms with E-state index in [9.17, 15) is 13.2 Å². The number of benzene rings is 1. The van der Waals surface area contributed by atoms with Gasteiger partial charge in [0.05, 0.1) is 11.4 Å². The Kier molecular flexibility index (Phi) is 4.71. The number of carbonyl (C=O) groups excluding carboxylic acids is 1. The van der Waals surface area contributed by atoms with Gasteiger partial charge < -0.3 is 9.73 Å². The molecule has 1 aliphatic heterocycles. The summed E-state index contributed by atoms with van der Waals surface area (Å²) in [6.07, 6.45) is 0.916. The number of anilines is 1. The van der Waals surface area contributed by atoms with Gasteiger partial charge >= 0.3 is 0 Å². The number of carbonyl (C=O) groups is 1. The Labute approximate surface area is 147 Å². The van der Waals surface area contributed by atoms with Gasteiger partial charge in [-0.3, -0.25) is 4.79 Å². The zero-order valence-corrected chi connectivity index (χ0v) is 15.4. The summed E-state index contributed by atoms with van der Waals surface area (Å²) in [5, 5.41) is 2.77. The molecule has 1 aliphatic rings. The van der Waals surface area contributed by atoms with Crippen molar-refractivity contribution in [3.8, 4) is 0 Å². The fraction of sp³-hybridized carbons (Fsp3) is 0.389. The molecule has 2 heterocycles. The van der Waals surface area contributed by atoms with Crippen LogP contribution in [0.15, 0.2) is 39.6 Å². The lowest BCUT2D eigenvalue weighted by molar-refractivity contribution is -0.116. The normalized spacial score (nSPS) is 14.7. The Morgan fingerprint density at radius 1 is 1.20 bits per heavy atom. The molecule has 0 saturated carbocycles. The van der Waals surface area contributed by atoms with E-state index in [4.69, 9.17) is 4.42 Å². The van der Waals surface area contributed by atoms with Crippen LogP contribution in [0.3, 0.4) is 0 Å². The molecule has 1 aromatic heterocycles. The van der Waals surface area contributed by atoms with Crippen LogP contribution in [0.1, 0.15) is 37.4 Å². The van der Waals surface area contributed by atoms with Crippen molar-refractivity contribution in [1.82, 2.24) is 4.31 Å². The van der Waals surface area contributed by atoms with Crippen LogP contribution < -0.4 is 5.32 Å². The Morgan fingerprint density at radius 2 is 1.96 bits per heavy atom. The van der Waals surface area contributed by atoms with Crippen LogP contribution in [-0.4, -0.2) is 24.7 Å². The van der Waals surface area contributed by atoms with Crippen molar-refractivity contribution >= 4 is 21.6 Å². The second-order valence-electron chi connectivity index (χ2n) is 6.52. The monoisotopic (exact) mass is 362 g/mol. The van der Waals surface area contributed by atoms with E-state index in [1.165, 1.54) is 4.31 Å². The highest BCUT2D eigenvalue weighted by molar-refractivity contribution is 7.89. The fourth-order valence-corrected chi connectivity index (χ4v) is 4.58. The van der Waals surface area contributed by atoms with E-state index in [0.717, 1.165) is 11.3 Å². The molecule has 0 saturated heterocycles. The minimum atomic E-state index is -3.68. The molecule has 0 spiro atoms. The topological polar surface area (TPSA) is 79.6 Å². The number of amides is 1. The number of nitrogens with one attached hydrogen (secondary N) is 1. The molecule has 6 nitrogen and oxygen atoms in total. The summed E-state index contributed by atoms with van der Waals surface area (Å²) in [6, 6.07) is 8.26. The molecule has 134 valence electrons. The molecule has 3 rings (SSSR count). The molecule has 0 radical (unpaired) electrons. The van der Waals surface area contributed by atoms with Gasteiger partial charge in [0, 0.05) is 18.2 Å². The average molecular weight is 362 g/mol. The first-order valence-corrected chi connectivity index (χ1v) is 9.71. The zero-order chi connectivity index (χ0) is 18.2. The lowest BCUT2D eigenvalue weighted by Gasteiger charge is -2.26. The Balaban J connectivity index is 1.94. The quantitative estimate of drug-likeness (QED) is 0.886. The van der Waals surface area contributed by atoms with E-state index in [2.05, 4.69) is 5.32 Å². The number of fused-ring (bicyclic) bond motifs is 1. The smallest absolute Gasteiger partial charge is 0.243 e. The van der Waals surface area contributed by atoms with Crippen LogP contribution in [0.25, 0.3) is 0 Å². The van der Waals surface area contributed by atoms with Crippen molar-refractivity contribution in [1.29, 1.82) is 0 Å². The molecular formula is C18H22N2O4S. The van der Waals surface area contributed by atoms with Crippen molar-refractivity contribution < 1.29 is 17.6 Å². The zero-order valence-electron chi connectivity index (χ0n) is 14.6. The molecule has 1 aromatic carbocycles. The molecule has 0 bridgehead atoms. The van der Waals surface area contributed by atoms with Crippen LogP contribution in [-0.2, 0) is 27.8 Å². The van der Waals surface area contributed by atoms with Crippen molar-refractivity contribution in [3.63, 3.8) is 0 Å². The van der Waals surface area contributed by atoms with E-state index in [0.29, 0.717) is 24.3 Å².